The van der Waals surface area contributed by atoms with Crippen LogP contribution in [0.2, 0.25) is 0 Å². The molecule has 2 aromatic rings. The third kappa shape index (κ3) is 6.02. The van der Waals surface area contributed by atoms with Crippen molar-refractivity contribution in [2.24, 2.45) is 4.99 Å². The van der Waals surface area contributed by atoms with Gasteiger partial charge in [0.1, 0.15) is 0 Å². The lowest BCUT2D eigenvalue weighted by Crippen LogP contribution is -2.39. The summed E-state index contributed by atoms with van der Waals surface area (Å²) in [6.07, 6.45) is 4.56. The minimum atomic E-state index is 0.687. The number of hydrogen-bond acceptors (Lipinski definition) is 4. The monoisotopic (exact) mass is 345 g/mol. The van der Waals surface area contributed by atoms with Crippen molar-refractivity contribution in [3.05, 3.63) is 42.2 Å². The molecule has 7 heteroatoms. The zero-order valence-corrected chi connectivity index (χ0v) is 15.2. The number of nitrogens with one attached hydrogen (secondary N) is 2. The first-order valence-electron chi connectivity index (χ1n) is 8.47. The molecule has 0 bridgehead atoms. The maximum absolute atomic E-state index is 5.34. The summed E-state index contributed by atoms with van der Waals surface area (Å²) < 4.78 is 12.5. The molecule has 0 aliphatic rings. The molecule has 0 spiro atoms. The number of nitrogens with zero attached hydrogens (tertiary/aromatic N) is 3. The summed E-state index contributed by atoms with van der Waals surface area (Å²) in [5, 5.41) is 10.8. The van der Waals surface area contributed by atoms with Crippen molar-refractivity contribution < 1.29 is 9.47 Å². The second-order valence-electron chi connectivity index (χ2n) is 5.40. The molecule has 0 fully saturated rings. The highest BCUT2D eigenvalue weighted by Crippen LogP contribution is 2.27. The van der Waals surface area contributed by atoms with Crippen LogP contribution in [0.25, 0.3) is 0 Å². The lowest BCUT2D eigenvalue weighted by atomic mass is 10.1. The zero-order valence-electron chi connectivity index (χ0n) is 15.2. The lowest BCUT2D eigenvalue weighted by Gasteiger charge is -2.12. The third-order valence-electron chi connectivity index (χ3n) is 3.66. The fraction of sp³-hybridized carbons (Fsp3) is 0.444. The van der Waals surface area contributed by atoms with Gasteiger partial charge in [-0.2, -0.15) is 5.10 Å². The molecule has 0 atom stereocenters. The molecule has 2 rings (SSSR count). The van der Waals surface area contributed by atoms with Crippen molar-refractivity contribution in [3.8, 4) is 11.5 Å². The number of aliphatic imine (C=N–C) groups is 1. The molecular formula is C18H27N5O2. The average molecular weight is 345 g/mol. The van der Waals surface area contributed by atoms with E-state index >= 15 is 0 Å². The number of aromatic nitrogens is 2. The smallest absolute Gasteiger partial charge is 0.191 e. The highest BCUT2D eigenvalue weighted by atomic mass is 16.5. The van der Waals surface area contributed by atoms with E-state index in [1.54, 1.807) is 20.4 Å². The van der Waals surface area contributed by atoms with Crippen molar-refractivity contribution in [1.29, 1.82) is 0 Å². The number of rotatable bonds is 9. The number of guanidine groups is 1. The Morgan fingerprint density at radius 2 is 2.04 bits per heavy atom. The SMILES string of the molecule is CCNC(=NCCc1ccc(OC)c(OC)c1)NCCn1cccn1. The Labute approximate surface area is 149 Å². The van der Waals surface area contributed by atoms with E-state index in [-0.39, 0.29) is 0 Å². The summed E-state index contributed by atoms with van der Waals surface area (Å²) in [7, 11) is 3.28. The molecule has 1 aromatic carbocycles. The first-order chi connectivity index (χ1) is 12.3. The Kier molecular flexibility index (Phi) is 7.62. The van der Waals surface area contributed by atoms with E-state index in [0.29, 0.717) is 6.54 Å². The van der Waals surface area contributed by atoms with E-state index in [1.807, 2.05) is 35.1 Å². The molecule has 25 heavy (non-hydrogen) atoms. The number of hydrogen-bond donors (Lipinski definition) is 2. The Morgan fingerprint density at radius 1 is 1.20 bits per heavy atom. The molecule has 0 amide bonds. The average Bonchev–Trinajstić information content (AvgIpc) is 3.15. The van der Waals surface area contributed by atoms with Crippen molar-refractivity contribution >= 4 is 5.96 Å². The summed E-state index contributed by atoms with van der Waals surface area (Å²) in [6, 6.07) is 7.87. The van der Waals surface area contributed by atoms with Crippen LogP contribution in [0.1, 0.15) is 12.5 Å². The molecule has 0 unspecified atom stereocenters. The summed E-state index contributed by atoms with van der Waals surface area (Å²) in [5.74, 6) is 2.30. The molecule has 1 heterocycles. The summed E-state index contributed by atoms with van der Waals surface area (Å²) >= 11 is 0. The van der Waals surface area contributed by atoms with E-state index in [1.165, 1.54) is 0 Å². The van der Waals surface area contributed by atoms with Crippen LogP contribution in [0.4, 0.5) is 0 Å². The fourth-order valence-corrected chi connectivity index (χ4v) is 2.40. The highest BCUT2D eigenvalue weighted by Gasteiger charge is 2.04. The predicted molar refractivity (Wildman–Crippen MR) is 99.5 cm³/mol. The number of ether oxygens (including phenoxy) is 2. The summed E-state index contributed by atoms with van der Waals surface area (Å²) in [6.45, 7) is 5.13. The second-order valence-corrected chi connectivity index (χ2v) is 5.40. The Bertz CT molecular complexity index is 655. The molecule has 0 saturated carbocycles. The van der Waals surface area contributed by atoms with Gasteiger partial charge in [-0.15, -0.1) is 0 Å². The summed E-state index contributed by atoms with van der Waals surface area (Å²) in [4.78, 5) is 4.62. The van der Waals surface area contributed by atoms with Gasteiger partial charge in [-0.25, -0.2) is 0 Å². The van der Waals surface area contributed by atoms with E-state index in [0.717, 1.165) is 49.1 Å². The van der Waals surface area contributed by atoms with E-state index in [4.69, 9.17) is 9.47 Å². The fourth-order valence-electron chi connectivity index (χ4n) is 2.40. The van der Waals surface area contributed by atoms with Gasteiger partial charge in [0.25, 0.3) is 0 Å². The van der Waals surface area contributed by atoms with Crippen LogP contribution in [0, 0.1) is 0 Å². The van der Waals surface area contributed by atoms with Crippen LogP contribution in [0.15, 0.2) is 41.7 Å². The minimum absolute atomic E-state index is 0.687. The van der Waals surface area contributed by atoms with Crippen LogP contribution in [0.5, 0.6) is 11.5 Å². The van der Waals surface area contributed by atoms with Gasteiger partial charge in [-0.05, 0) is 37.1 Å². The molecule has 2 N–H and O–H groups in total. The van der Waals surface area contributed by atoms with Gasteiger partial charge < -0.3 is 20.1 Å². The standard InChI is InChI=1S/C18H27N5O2/c1-4-19-18(21-11-13-23-12-5-9-22-23)20-10-8-15-6-7-16(24-2)17(14-15)25-3/h5-7,9,12,14H,4,8,10-11,13H2,1-3H3,(H2,19,20,21). The van der Waals surface area contributed by atoms with Gasteiger partial charge in [0.05, 0.1) is 20.8 Å². The van der Waals surface area contributed by atoms with Crippen LogP contribution >= 0.6 is 0 Å². The van der Waals surface area contributed by atoms with Gasteiger partial charge >= 0.3 is 0 Å². The Balaban J connectivity index is 1.85. The van der Waals surface area contributed by atoms with Crippen molar-refractivity contribution in [2.75, 3.05) is 33.9 Å². The van der Waals surface area contributed by atoms with Gasteiger partial charge in [0.2, 0.25) is 0 Å². The van der Waals surface area contributed by atoms with Gasteiger partial charge in [0, 0.05) is 32.0 Å². The molecule has 0 saturated heterocycles. The van der Waals surface area contributed by atoms with E-state index in [9.17, 15) is 0 Å². The molecule has 136 valence electrons. The summed E-state index contributed by atoms with van der Waals surface area (Å²) in [5.41, 5.74) is 1.16. The Hall–Kier alpha value is -2.70. The molecular weight excluding hydrogens is 318 g/mol. The second kappa shape index (κ2) is 10.2. The van der Waals surface area contributed by atoms with Crippen LogP contribution < -0.4 is 20.1 Å². The Morgan fingerprint density at radius 3 is 2.72 bits per heavy atom. The molecule has 0 aliphatic carbocycles. The number of methoxy groups -OCH3 is 2. The maximum Gasteiger partial charge on any atom is 0.191 e. The quantitative estimate of drug-likeness (QED) is 0.535. The van der Waals surface area contributed by atoms with Crippen molar-refractivity contribution in [2.45, 2.75) is 19.9 Å². The number of benzene rings is 1. The first-order valence-corrected chi connectivity index (χ1v) is 8.47. The first kappa shape index (κ1) is 18.6. The zero-order chi connectivity index (χ0) is 17.9. The van der Waals surface area contributed by atoms with Gasteiger partial charge in [-0.1, -0.05) is 6.07 Å². The molecule has 7 nitrogen and oxygen atoms in total. The third-order valence-corrected chi connectivity index (χ3v) is 3.66. The van der Waals surface area contributed by atoms with Gasteiger partial charge in [-0.3, -0.25) is 9.67 Å². The van der Waals surface area contributed by atoms with Crippen molar-refractivity contribution in [1.82, 2.24) is 20.4 Å². The topological polar surface area (TPSA) is 72.7 Å². The van der Waals surface area contributed by atoms with Crippen LogP contribution in [0.3, 0.4) is 0 Å². The molecule has 0 radical (unpaired) electrons. The van der Waals surface area contributed by atoms with E-state index in [2.05, 4.69) is 27.6 Å². The maximum atomic E-state index is 5.34. The van der Waals surface area contributed by atoms with Crippen LogP contribution in [-0.4, -0.2) is 49.6 Å². The normalized spacial score (nSPS) is 11.2. The van der Waals surface area contributed by atoms with Crippen LogP contribution in [-0.2, 0) is 13.0 Å². The predicted octanol–water partition coefficient (Wildman–Crippen LogP) is 1.70. The van der Waals surface area contributed by atoms with Crippen molar-refractivity contribution in [3.63, 3.8) is 0 Å². The highest BCUT2D eigenvalue weighted by molar-refractivity contribution is 5.79. The lowest BCUT2D eigenvalue weighted by molar-refractivity contribution is 0.354. The van der Waals surface area contributed by atoms with Gasteiger partial charge in [0.15, 0.2) is 17.5 Å². The largest absolute Gasteiger partial charge is 0.493 e. The van der Waals surface area contributed by atoms with E-state index < -0.39 is 0 Å². The molecule has 0 aliphatic heterocycles. The minimum Gasteiger partial charge on any atom is -0.493 e. The molecule has 1 aromatic heterocycles.